The molecule has 0 saturated carbocycles. The van der Waals surface area contributed by atoms with Crippen molar-refractivity contribution in [3.8, 4) is 84.0 Å². The van der Waals surface area contributed by atoms with Crippen molar-refractivity contribution in [3.63, 3.8) is 0 Å². The van der Waals surface area contributed by atoms with Gasteiger partial charge in [0.1, 0.15) is 0 Å². The molecular formula is C70H43N3S2. The summed E-state index contributed by atoms with van der Waals surface area (Å²) in [4.78, 5) is 11.2. The standard InChI is InChI=1S/C70H43N3S2/c1-5-17-44(18-6-1)48-31-34-61-59(41-48)66-56(28-16-29-62(66)73(61)55-25-11-4-12-26-55)50-24-15-23-47(37-50)49-32-35-65-60(42-49)68-69(75-65)67(71-70(72-68)51-33-36-64-58(43-51)57-27-13-14-30-63(57)74-64)54-39-52(45-19-7-2-8-20-45)38-53(40-54)46-21-9-3-10-22-46/h1-43H. The molecule has 4 heterocycles. The van der Waals surface area contributed by atoms with Crippen LogP contribution < -0.4 is 0 Å². The van der Waals surface area contributed by atoms with Crippen LogP contribution in [0.1, 0.15) is 0 Å². The molecule has 0 bridgehead atoms. The van der Waals surface area contributed by atoms with E-state index in [4.69, 9.17) is 9.97 Å². The number of rotatable bonds is 8. The van der Waals surface area contributed by atoms with Gasteiger partial charge in [0.15, 0.2) is 5.82 Å². The molecular weight excluding hydrogens is 947 g/mol. The Labute approximate surface area is 441 Å². The van der Waals surface area contributed by atoms with Gasteiger partial charge in [-0.05, 0) is 147 Å². The first-order valence-electron chi connectivity index (χ1n) is 25.4. The van der Waals surface area contributed by atoms with Crippen LogP contribution in [0.2, 0.25) is 0 Å². The van der Waals surface area contributed by atoms with Crippen molar-refractivity contribution in [2.24, 2.45) is 0 Å². The maximum Gasteiger partial charge on any atom is 0.160 e. The normalized spacial score (nSPS) is 11.7. The van der Waals surface area contributed by atoms with Crippen LogP contribution >= 0.6 is 22.7 Å². The topological polar surface area (TPSA) is 30.7 Å². The zero-order valence-electron chi connectivity index (χ0n) is 40.5. The van der Waals surface area contributed by atoms with Crippen molar-refractivity contribution in [1.82, 2.24) is 14.5 Å². The SMILES string of the molecule is c1ccc(-c2cc(-c3ccccc3)cc(-c3nc(-c4ccc5sc6ccccc6c5c4)nc4c3sc3ccc(-c5cccc(-c6cccc7c6c6cc(-c8ccccc8)ccc6n7-c6ccccc6)c5)cc34)c2)cc1. The van der Waals surface area contributed by atoms with Crippen LogP contribution in [-0.2, 0) is 0 Å². The van der Waals surface area contributed by atoms with Gasteiger partial charge in [-0.1, -0.05) is 170 Å². The van der Waals surface area contributed by atoms with Crippen molar-refractivity contribution in [2.45, 2.75) is 0 Å². The lowest BCUT2D eigenvalue weighted by molar-refractivity contribution is 1.18. The monoisotopic (exact) mass is 989 g/mol. The fourth-order valence-electron chi connectivity index (χ4n) is 11.2. The summed E-state index contributed by atoms with van der Waals surface area (Å²) in [6.07, 6.45) is 0. The molecule has 0 aliphatic carbocycles. The fourth-order valence-corrected chi connectivity index (χ4v) is 13.4. The van der Waals surface area contributed by atoms with Crippen LogP contribution in [0, 0.1) is 0 Å². The highest BCUT2D eigenvalue weighted by atomic mass is 32.1. The van der Waals surface area contributed by atoms with E-state index in [9.17, 15) is 0 Å². The number of thiophene rings is 2. The zero-order valence-corrected chi connectivity index (χ0v) is 42.1. The van der Waals surface area contributed by atoms with Gasteiger partial charge in [-0.25, -0.2) is 9.97 Å². The molecule has 0 radical (unpaired) electrons. The molecule has 0 atom stereocenters. The Bertz CT molecular complexity index is 4630. The lowest BCUT2D eigenvalue weighted by atomic mass is 9.94. The fraction of sp³-hybridized carbons (Fsp3) is 0. The lowest BCUT2D eigenvalue weighted by Gasteiger charge is -2.13. The summed E-state index contributed by atoms with van der Waals surface area (Å²) in [5, 5.41) is 6.07. The molecule has 0 spiro atoms. The minimum Gasteiger partial charge on any atom is -0.309 e. The smallest absolute Gasteiger partial charge is 0.160 e. The van der Waals surface area contributed by atoms with Crippen LogP contribution in [0.3, 0.4) is 0 Å². The predicted molar refractivity (Wildman–Crippen MR) is 320 cm³/mol. The van der Waals surface area contributed by atoms with E-state index < -0.39 is 0 Å². The van der Waals surface area contributed by atoms with Crippen LogP contribution in [0.25, 0.3) is 146 Å². The molecule has 3 nitrogen and oxygen atoms in total. The first-order chi connectivity index (χ1) is 37.1. The molecule has 350 valence electrons. The van der Waals surface area contributed by atoms with E-state index in [-0.39, 0.29) is 0 Å². The van der Waals surface area contributed by atoms with Crippen LogP contribution in [-0.4, -0.2) is 14.5 Å². The largest absolute Gasteiger partial charge is 0.309 e. The van der Waals surface area contributed by atoms with E-state index in [1.54, 1.807) is 11.3 Å². The lowest BCUT2D eigenvalue weighted by Crippen LogP contribution is -1.95. The average molecular weight is 990 g/mol. The average Bonchev–Trinajstić information content (AvgIpc) is 4.22. The molecule has 15 rings (SSSR count). The highest BCUT2D eigenvalue weighted by Gasteiger charge is 2.21. The van der Waals surface area contributed by atoms with E-state index in [0.29, 0.717) is 5.82 Å². The van der Waals surface area contributed by atoms with E-state index in [2.05, 4.69) is 265 Å². The summed E-state index contributed by atoms with van der Waals surface area (Å²) >= 11 is 3.61. The summed E-state index contributed by atoms with van der Waals surface area (Å²) in [7, 11) is 0. The van der Waals surface area contributed by atoms with Crippen molar-refractivity contribution in [1.29, 1.82) is 0 Å². The van der Waals surface area contributed by atoms with Gasteiger partial charge in [0.25, 0.3) is 0 Å². The molecule has 0 fully saturated rings. The third kappa shape index (κ3) is 7.47. The molecule has 15 aromatic rings. The highest BCUT2D eigenvalue weighted by Crippen LogP contribution is 2.45. The number of hydrogen-bond donors (Lipinski definition) is 0. The quantitative estimate of drug-likeness (QED) is 0.152. The molecule has 75 heavy (non-hydrogen) atoms. The Balaban J connectivity index is 0.924. The van der Waals surface area contributed by atoms with Crippen molar-refractivity contribution >= 4 is 85.0 Å². The Morgan fingerprint density at radius 3 is 1.56 bits per heavy atom. The van der Waals surface area contributed by atoms with Gasteiger partial charge < -0.3 is 4.57 Å². The Kier molecular flexibility index (Phi) is 10.3. The molecule has 0 aliphatic rings. The second-order valence-electron chi connectivity index (χ2n) is 19.3. The number of nitrogens with zero attached hydrogens (tertiary/aromatic N) is 3. The van der Waals surface area contributed by atoms with E-state index in [0.717, 1.165) is 71.5 Å². The summed E-state index contributed by atoms with van der Waals surface area (Å²) in [5.41, 5.74) is 19.1. The number of fused-ring (bicyclic) bond motifs is 9. The zero-order chi connectivity index (χ0) is 49.4. The Morgan fingerprint density at radius 2 is 0.813 bits per heavy atom. The van der Waals surface area contributed by atoms with E-state index in [1.807, 2.05) is 11.3 Å². The molecule has 5 heteroatoms. The predicted octanol–water partition coefficient (Wildman–Crippen LogP) is 20.0. The van der Waals surface area contributed by atoms with E-state index in [1.165, 1.54) is 68.9 Å². The van der Waals surface area contributed by atoms with Crippen LogP contribution in [0.4, 0.5) is 0 Å². The number of para-hydroxylation sites is 1. The first-order valence-corrected chi connectivity index (χ1v) is 27.0. The molecule has 0 N–H and O–H groups in total. The molecule has 4 aromatic heterocycles. The maximum absolute atomic E-state index is 5.59. The highest BCUT2D eigenvalue weighted by molar-refractivity contribution is 7.26. The minimum absolute atomic E-state index is 0.714. The molecule has 0 aliphatic heterocycles. The second kappa shape index (κ2) is 17.7. The minimum atomic E-state index is 0.714. The third-order valence-electron chi connectivity index (χ3n) is 14.8. The van der Waals surface area contributed by atoms with Gasteiger partial charge in [-0.3, -0.25) is 0 Å². The summed E-state index contributed by atoms with van der Waals surface area (Å²) in [6.45, 7) is 0. The second-order valence-corrected chi connectivity index (χ2v) is 21.4. The summed E-state index contributed by atoms with van der Waals surface area (Å²) in [5.74, 6) is 0.714. The van der Waals surface area contributed by atoms with Crippen LogP contribution in [0.5, 0.6) is 0 Å². The first kappa shape index (κ1) is 43.3. The molecule has 0 saturated heterocycles. The van der Waals surface area contributed by atoms with Crippen molar-refractivity contribution < 1.29 is 0 Å². The van der Waals surface area contributed by atoms with Gasteiger partial charge in [-0.15, -0.1) is 22.7 Å². The third-order valence-corrected chi connectivity index (χ3v) is 17.1. The van der Waals surface area contributed by atoms with Gasteiger partial charge in [0.2, 0.25) is 0 Å². The van der Waals surface area contributed by atoms with Gasteiger partial charge >= 0.3 is 0 Å². The van der Waals surface area contributed by atoms with Crippen molar-refractivity contribution in [3.05, 3.63) is 261 Å². The summed E-state index contributed by atoms with van der Waals surface area (Å²) in [6, 6.07) is 94.8. The van der Waals surface area contributed by atoms with Gasteiger partial charge in [-0.2, -0.15) is 0 Å². The molecule has 11 aromatic carbocycles. The van der Waals surface area contributed by atoms with Gasteiger partial charge in [0, 0.05) is 57.8 Å². The van der Waals surface area contributed by atoms with Crippen LogP contribution in [0.15, 0.2) is 261 Å². The number of hydrogen-bond acceptors (Lipinski definition) is 4. The number of aromatic nitrogens is 3. The van der Waals surface area contributed by atoms with E-state index >= 15 is 0 Å². The molecule has 0 unspecified atom stereocenters. The molecule has 0 amide bonds. The Morgan fingerprint density at radius 1 is 0.293 bits per heavy atom. The van der Waals surface area contributed by atoms with Crippen molar-refractivity contribution in [2.75, 3.05) is 0 Å². The number of benzene rings is 11. The summed E-state index contributed by atoms with van der Waals surface area (Å²) < 4.78 is 7.19. The maximum atomic E-state index is 5.59. The van der Waals surface area contributed by atoms with Gasteiger partial charge in [0.05, 0.1) is 26.9 Å². The Hall–Kier alpha value is -9.26.